The normalized spacial score (nSPS) is 26.2. The van der Waals surface area contributed by atoms with E-state index < -0.39 is 7.60 Å². The maximum absolute atomic E-state index is 11.2. The summed E-state index contributed by atoms with van der Waals surface area (Å²) in [4.78, 5) is 0.104. The van der Waals surface area contributed by atoms with Gasteiger partial charge in [-0.3, -0.25) is 4.57 Å². The first-order valence-corrected chi connectivity index (χ1v) is 5.22. The van der Waals surface area contributed by atoms with Gasteiger partial charge in [-0.15, -0.1) is 11.8 Å². The van der Waals surface area contributed by atoms with Crippen molar-refractivity contribution in [3.05, 3.63) is 0 Å². The Balaban J connectivity index is 2.54. The topological polar surface area (TPSA) is 35.5 Å². The lowest BCUT2D eigenvalue weighted by atomic mass is 11.0. The highest BCUT2D eigenvalue weighted by Gasteiger charge is 2.43. The van der Waals surface area contributed by atoms with Crippen LogP contribution in [0.4, 0.5) is 0 Å². The van der Waals surface area contributed by atoms with Crippen LogP contribution in [0, 0.1) is 0 Å². The van der Waals surface area contributed by atoms with Crippen LogP contribution in [0.3, 0.4) is 0 Å². The second kappa shape index (κ2) is 2.62. The van der Waals surface area contributed by atoms with Crippen molar-refractivity contribution in [2.75, 3.05) is 20.0 Å². The highest BCUT2D eigenvalue weighted by atomic mass is 32.2. The van der Waals surface area contributed by atoms with E-state index in [2.05, 4.69) is 0 Å². The Labute approximate surface area is 58.6 Å². The van der Waals surface area contributed by atoms with Gasteiger partial charge in [0.05, 0.1) is 0 Å². The predicted octanol–water partition coefficient (Wildman–Crippen LogP) is 1.55. The van der Waals surface area contributed by atoms with E-state index >= 15 is 0 Å². The third-order valence-electron chi connectivity index (χ3n) is 1.18. The number of rotatable bonds is 3. The van der Waals surface area contributed by atoms with Crippen molar-refractivity contribution in [2.45, 2.75) is 4.99 Å². The molecular weight excluding hydrogens is 159 g/mol. The van der Waals surface area contributed by atoms with E-state index in [9.17, 15) is 4.57 Å². The fraction of sp³-hybridized carbons (Fsp3) is 1.00. The van der Waals surface area contributed by atoms with Gasteiger partial charge >= 0.3 is 7.60 Å². The van der Waals surface area contributed by atoms with Crippen molar-refractivity contribution in [1.82, 2.24) is 0 Å². The molecule has 1 rings (SSSR count). The summed E-state index contributed by atoms with van der Waals surface area (Å²) in [5.74, 6) is 0.902. The summed E-state index contributed by atoms with van der Waals surface area (Å²) in [5, 5.41) is 0. The van der Waals surface area contributed by atoms with Crippen LogP contribution in [0.5, 0.6) is 0 Å². The first-order valence-electron chi connectivity index (χ1n) is 2.56. The van der Waals surface area contributed by atoms with E-state index in [1.165, 1.54) is 14.2 Å². The number of hydrogen-bond donors (Lipinski definition) is 0. The molecule has 9 heavy (non-hydrogen) atoms. The van der Waals surface area contributed by atoms with E-state index in [1.807, 2.05) is 0 Å². The minimum atomic E-state index is -2.68. The molecule has 0 saturated carbocycles. The third kappa shape index (κ3) is 1.49. The highest BCUT2D eigenvalue weighted by Crippen LogP contribution is 2.63. The van der Waals surface area contributed by atoms with Crippen molar-refractivity contribution >= 4 is 19.4 Å². The van der Waals surface area contributed by atoms with Gasteiger partial charge in [0.2, 0.25) is 0 Å². The molecule has 1 saturated heterocycles. The Hall–Kier alpha value is 0.500. The lowest BCUT2D eigenvalue weighted by Gasteiger charge is -2.09. The average Bonchev–Trinajstić information content (AvgIpc) is 2.68. The SMILES string of the molecule is COP(=O)(OC)C1CS1. The second-order valence-corrected chi connectivity index (χ2v) is 5.71. The minimum absolute atomic E-state index is 0.104. The van der Waals surface area contributed by atoms with Crippen molar-refractivity contribution < 1.29 is 13.6 Å². The third-order valence-corrected chi connectivity index (χ3v) is 5.20. The number of hydrogen-bond acceptors (Lipinski definition) is 4. The molecule has 5 heteroatoms. The highest BCUT2D eigenvalue weighted by molar-refractivity contribution is 8.13. The van der Waals surface area contributed by atoms with Gasteiger partial charge in [-0.05, 0) is 0 Å². The molecule has 0 aliphatic carbocycles. The molecule has 0 aromatic carbocycles. The first kappa shape index (κ1) is 7.61. The molecule has 1 heterocycles. The molecule has 0 radical (unpaired) electrons. The zero-order chi connectivity index (χ0) is 6.91. The van der Waals surface area contributed by atoms with Gasteiger partial charge < -0.3 is 9.05 Å². The molecule has 1 atom stereocenters. The second-order valence-electron chi connectivity index (χ2n) is 1.69. The van der Waals surface area contributed by atoms with Crippen LogP contribution < -0.4 is 0 Å². The Bertz CT molecular complexity index is 137. The zero-order valence-corrected chi connectivity index (χ0v) is 7.08. The van der Waals surface area contributed by atoms with Gasteiger partial charge in [0.1, 0.15) is 4.99 Å². The van der Waals surface area contributed by atoms with Gasteiger partial charge in [0, 0.05) is 20.0 Å². The van der Waals surface area contributed by atoms with Crippen molar-refractivity contribution in [1.29, 1.82) is 0 Å². The molecule has 0 aromatic heterocycles. The Kier molecular flexibility index (Phi) is 2.22. The van der Waals surface area contributed by atoms with E-state index in [0.29, 0.717) is 0 Å². The van der Waals surface area contributed by atoms with Crippen LogP contribution in [-0.2, 0) is 13.6 Å². The molecule has 3 nitrogen and oxygen atoms in total. The quantitative estimate of drug-likeness (QED) is 0.473. The average molecular weight is 168 g/mol. The molecule has 54 valence electrons. The Morgan fingerprint density at radius 2 is 2.00 bits per heavy atom. The maximum atomic E-state index is 11.2. The molecule has 0 bridgehead atoms. The molecule has 1 fully saturated rings. The van der Waals surface area contributed by atoms with Crippen LogP contribution in [-0.4, -0.2) is 25.0 Å². The number of thioether (sulfide) groups is 1. The van der Waals surface area contributed by atoms with Gasteiger partial charge in [-0.1, -0.05) is 0 Å². The summed E-state index contributed by atoms with van der Waals surface area (Å²) in [7, 11) is 0.161. The van der Waals surface area contributed by atoms with E-state index in [-0.39, 0.29) is 4.99 Å². The summed E-state index contributed by atoms with van der Waals surface area (Å²) in [5.41, 5.74) is 0. The molecule has 0 amide bonds. The lowest BCUT2D eigenvalue weighted by Crippen LogP contribution is -1.93. The largest absolute Gasteiger partial charge is 0.343 e. The van der Waals surface area contributed by atoms with Crippen LogP contribution in [0.1, 0.15) is 0 Å². The smallest absolute Gasteiger partial charge is 0.311 e. The predicted molar refractivity (Wildman–Crippen MR) is 37.9 cm³/mol. The van der Waals surface area contributed by atoms with Gasteiger partial charge in [0.15, 0.2) is 0 Å². The summed E-state index contributed by atoms with van der Waals surface area (Å²) in [6.07, 6.45) is 0. The minimum Gasteiger partial charge on any atom is -0.311 e. The molecule has 1 unspecified atom stereocenters. The van der Waals surface area contributed by atoms with Gasteiger partial charge in [-0.2, -0.15) is 0 Å². The first-order chi connectivity index (χ1) is 4.23. The van der Waals surface area contributed by atoms with E-state index in [0.717, 1.165) is 5.75 Å². The molecule has 0 spiro atoms. The molecule has 1 aliphatic rings. The lowest BCUT2D eigenvalue weighted by molar-refractivity contribution is 0.277. The van der Waals surface area contributed by atoms with Crippen LogP contribution in [0.25, 0.3) is 0 Å². The van der Waals surface area contributed by atoms with Gasteiger partial charge in [0.25, 0.3) is 0 Å². The van der Waals surface area contributed by atoms with Crippen LogP contribution in [0.2, 0.25) is 0 Å². The zero-order valence-electron chi connectivity index (χ0n) is 5.36. The van der Waals surface area contributed by atoms with E-state index in [1.54, 1.807) is 11.8 Å². The summed E-state index contributed by atoms with van der Waals surface area (Å²) < 4.78 is 20.7. The van der Waals surface area contributed by atoms with Crippen LogP contribution >= 0.6 is 19.4 Å². The van der Waals surface area contributed by atoms with Gasteiger partial charge in [-0.25, -0.2) is 0 Å². The Morgan fingerprint density at radius 3 is 2.11 bits per heavy atom. The summed E-state index contributed by atoms with van der Waals surface area (Å²) >= 11 is 1.61. The van der Waals surface area contributed by atoms with Crippen molar-refractivity contribution in [2.24, 2.45) is 0 Å². The fourth-order valence-corrected chi connectivity index (χ4v) is 3.48. The molecular formula is C4H9O3PS. The Morgan fingerprint density at radius 1 is 1.56 bits per heavy atom. The molecule has 1 aliphatic heterocycles. The fourth-order valence-electron chi connectivity index (χ4n) is 0.535. The maximum Gasteiger partial charge on any atom is 0.343 e. The molecule has 0 aromatic rings. The monoisotopic (exact) mass is 168 g/mol. The standard InChI is InChI=1S/C4H9O3PS/c1-6-8(5,7-2)4-3-9-4/h4H,3H2,1-2H3. The summed E-state index contributed by atoms with van der Waals surface area (Å²) in [6, 6.07) is 0. The van der Waals surface area contributed by atoms with Crippen molar-refractivity contribution in [3.8, 4) is 0 Å². The molecule has 0 N–H and O–H groups in total. The van der Waals surface area contributed by atoms with Crippen LogP contribution in [0.15, 0.2) is 0 Å². The van der Waals surface area contributed by atoms with Crippen molar-refractivity contribution in [3.63, 3.8) is 0 Å². The van der Waals surface area contributed by atoms with E-state index in [4.69, 9.17) is 9.05 Å². The summed E-state index contributed by atoms with van der Waals surface area (Å²) in [6.45, 7) is 0.